The van der Waals surface area contributed by atoms with E-state index in [0.29, 0.717) is 0 Å². The second-order valence-corrected chi connectivity index (χ2v) is 5.54. The van der Waals surface area contributed by atoms with Gasteiger partial charge in [-0.3, -0.25) is 4.98 Å². The van der Waals surface area contributed by atoms with Crippen LogP contribution in [-0.2, 0) is 13.6 Å². The summed E-state index contributed by atoms with van der Waals surface area (Å²) in [6, 6.07) is 2.03. The molecule has 3 aromatic heterocycles. The molecular formula is C13H15N5S. The van der Waals surface area contributed by atoms with Crippen molar-refractivity contribution in [1.29, 1.82) is 0 Å². The Kier molecular flexibility index (Phi) is 2.94. The molecule has 19 heavy (non-hydrogen) atoms. The number of thiazole rings is 1. The molecule has 5 nitrogen and oxygen atoms in total. The Morgan fingerprint density at radius 1 is 1.37 bits per heavy atom. The summed E-state index contributed by atoms with van der Waals surface area (Å²) in [6.07, 6.45) is 3.69. The highest BCUT2D eigenvalue weighted by atomic mass is 32.1. The predicted molar refractivity (Wildman–Crippen MR) is 77.4 cm³/mol. The Bertz CT molecular complexity index is 693. The fourth-order valence-electron chi connectivity index (χ4n) is 2.03. The lowest BCUT2D eigenvalue weighted by molar-refractivity contribution is 0.774. The normalized spacial score (nSPS) is 11.1. The van der Waals surface area contributed by atoms with Gasteiger partial charge in [-0.1, -0.05) is 11.3 Å². The van der Waals surface area contributed by atoms with Gasteiger partial charge in [0, 0.05) is 26.0 Å². The van der Waals surface area contributed by atoms with E-state index in [1.54, 1.807) is 11.3 Å². The van der Waals surface area contributed by atoms with Crippen molar-refractivity contribution in [1.82, 2.24) is 19.7 Å². The Morgan fingerprint density at radius 2 is 2.21 bits per heavy atom. The first-order valence-corrected chi connectivity index (χ1v) is 6.90. The molecule has 0 bridgehead atoms. The lowest BCUT2D eigenvalue weighted by atomic mass is 10.2. The molecule has 3 rings (SSSR count). The maximum atomic E-state index is 4.57. The summed E-state index contributed by atoms with van der Waals surface area (Å²) in [5.74, 6) is 0. The fraction of sp³-hybridized carbons (Fsp3) is 0.308. The number of rotatable bonds is 3. The van der Waals surface area contributed by atoms with Gasteiger partial charge in [0.05, 0.1) is 10.4 Å². The van der Waals surface area contributed by atoms with Crippen LogP contribution in [0.3, 0.4) is 0 Å². The zero-order valence-electron chi connectivity index (χ0n) is 11.1. The molecule has 0 atom stereocenters. The summed E-state index contributed by atoms with van der Waals surface area (Å²) in [5, 5.41) is 8.66. The molecule has 0 unspecified atom stereocenters. The van der Waals surface area contributed by atoms with Crippen molar-refractivity contribution in [2.24, 2.45) is 7.05 Å². The van der Waals surface area contributed by atoms with E-state index in [2.05, 4.69) is 27.3 Å². The highest BCUT2D eigenvalue weighted by Crippen LogP contribution is 2.28. The Morgan fingerprint density at radius 3 is 2.95 bits per heavy atom. The molecule has 1 N–H and O–H groups in total. The van der Waals surface area contributed by atoms with E-state index in [4.69, 9.17) is 0 Å². The molecule has 0 aliphatic rings. The van der Waals surface area contributed by atoms with Crippen molar-refractivity contribution >= 4 is 26.8 Å². The van der Waals surface area contributed by atoms with Crippen molar-refractivity contribution in [2.45, 2.75) is 20.4 Å². The van der Waals surface area contributed by atoms with Crippen LogP contribution in [0.15, 0.2) is 18.5 Å². The number of fused-ring (bicyclic) bond motifs is 1. The minimum Gasteiger partial charge on any atom is -0.357 e. The van der Waals surface area contributed by atoms with E-state index >= 15 is 0 Å². The van der Waals surface area contributed by atoms with Gasteiger partial charge in [-0.2, -0.15) is 5.10 Å². The van der Waals surface area contributed by atoms with Crippen molar-refractivity contribution in [3.05, 3.63) is 35.3 Å². The average molecular weight is 273 g/mol. The van der Waals surface area contributed by atoms with Gasteiger partial charge in [0.15, 0.2) is 10.8 Å². The van der Waals surface area contributed by atoms with Crippen LogP contribution in [0.1, 0.15) is 16.8 Å². The lowest BCUT2D eigenvalue weighted by Crippen LogP contribution is -2.01. The van der Waals surface area contributed by atoms with E-state index in [1.165, 1.54) is 11.1 Å². The van der Waals surface area contributed by atoms with Gasteiger partial charge in [0.25, 0.3) is 0 Å². The van der Waals surface area contributed by atoms with E-state index < -0.39 is 0 Å². The number of pyridine rings is 1. The monoisotopic (exact) mass is 273 g/mol. The zero-order chi connectivity index (χ0) is 13.4. The summed E-state index contributed by atoms with van der Waals surface area (Å²) in [4.78, 5) is 8.67. The van der Waals surface area contributed by atoms with Gasteiger partial charge in [-0.15, -0.1) is 0 Å². The summed E-state index contributed by atoms with van der Waals surface area (Å²) in [6.45, 7) is 4.84. The molecule has 3 aromatic rings. The third-order valence-corrected chi connectivity index (χ3v) is 4.22. The molecule has 0 saturated carbocycles. The van der Waals surface area contributed by atoms with Gasteiger partial charge in [0.1, 0.15) is 0 Å². The standard InChI is InChI=1S/C13H15N5S/c1-8-6-14-5-4-10(8)7-15-13-16-12-11(19-13)9(2)17-18(12)3/h4-6H,7H2,1-3H3,(H,15,16). The number of nitrogens with zero attached hydrogens (tertiary/aromatic N) is 4. The maximum absolute atomic E-state index is 4.57. The van der Waals surface area contributed by atoms with Crippen molar-refractivity contribution in [2.75, 3.05) is 5.32 Å². The molecule has 0 fully saturated rings. The van der Waals surface area contributed by atoms with Crippen molar-refractivity contribution in [3.8, 4) is 0 Å². The number of aryl methyl sites for hydroxylation is 3. The first-order chi connectivity index (χ1) is 9.15. The molecule has 0 saturated heterocycles. The van der Waals surface area contributed by atoms with Crippen molar-refractivity contribution in [3.63, 3.8) is 0 Å². The lowest BCUT2D eigenvalue weighted by Gasteiger charge is -2.05. The first-order valence-electron chi connectivity index (χ1n) is 6.08. The van der Waals surface area contributed by atoms with Crippen LogP contribution in [0.4, 0.5) is 5.13 Å². The molecule has 3 heterocycles. The Balaban J connectivity index is 1.82. The minimum atomic E-state index is 0.765. The number of hydrogen-bond acceptors (Lipinski definition) is 5. The van der Waals surface area contributed by atoms with Crippen LogP contribution >= 0.6 is 11.3 Å². The van der Waals surface area contributed by atoms with Gasteiger partial charge in [0.2, 0.25) is 0 Å². The van der Waals surface area contributed by atoms with E-state index in [9.17, 15) is 0 Å². The third kappa shape index (κ3) is 2.19. The molecule has 0 aromatic carbocycles. The van der Waals surface area contributed by atoms with Gasteiger partial charge in [-0.05, 0) is 31.0 Å². The summed E-state index contributed by atoms with van der Waals surface area (Å²) < 4.78 is 2.97. The SMILES string of the molecule is Cc1cnccc1CNc1nc2c(s1)c(C)nn2C. The molecule has 0 amide bonds. The molecule has 6 heteroatoms. The highest BCUT2D eigenvalue weighted by molar-refractivity contribution is 7.22. The third-order valence-electron chi connectivity index (χ3n) is 3.11. The summed E-state index contributed by atoms with van der Waals surface area (Å²) in [5.41, 5.74) is 4.40. The maximum Gasteiger partial charge on any atom is 0.185 e. The van der Waals surface area contributed by atoms with Gasteiger partial charge in [-0.25, -0.2) is 9.67 Å². The average Bonchev–Trinajstić information content (AvgIpc) is 2.91. The second kappa shape index (κ2) is 4.62. The predicted octanol–water partition coefficient (Wildman–Crippen LogP) is 2.65. The number of nitrogens with one attached hydrogen (secondary N) is 1. The first kappa shape index (κ1) is 12.1. The molecule has 0 aliphatic heterocycles. The van der Waals surface area contributed by atoms with Crippen LogP contribution < -0.4 is 5.32 Å². The molecule has 0 aliphatic carbocycles. The second-order valence-electron chi connectivity index (χ2n) is 4.54. The van der Waals surface area contributed by atoms with Crippen LogP contribution in [-0.4, -0.2) is 19.7 Å². The summed E-state index contributed by atoms with van der Waals surface area (Å²) in [7, 11) is 1.92. The van der Waals surface area contributed by atoms with Gasteiger partial charge >= 0.3 is 0 Å². The Labute approximate surface area is 115 Å². The van der Waals surface area contributed by atoms with Crippen LogP contribution in [0.25, 0.3) is 10.3 Å². The quantitative estimate of drug-likeness (QED) is 0.797. The van der Waals surface area contributed by atoms with E-state index in [1.807, 2.05) is 37.1 Å². The van der Waals surface area contributed by atoms with Crippen LogP contribution in [0.2, 0.25) is 0 Å². The Hall–Kier alpha value is -1.95. The molecule has 0 spiro atoms. The van der Waals surface area contributed by atoms with E-state index in [0.717, 1.165) is 27.7 Å². The van der Waals surface area contributed by atoms with Crippen LogP contribution in [0, 0.1) is 13.8 Å². The molecular weight excluding hydrogens is 258 g/mol. The molecule has 0 radical (unpaired) electrons. The number of aromatic nitrogens is 4. The topological polar surface area (TPSA) is 55.6 Å². The minimum absolute atomic E-state index is 0.765. The summed E-state index contributed by atoms with van der Waals surface area (Å²) >= 11 is 1.65. The fourth-order valence-corrected chi connectivity index (χ4v) is 2.96. The highest BCUT2D eigenvalue weighted by Gasteiger charge is 2.11. The largest absolute Gasteiger partial charge is 0.357 e. The smallest absolute Gasteiger partial charge is 0.185 e. The van der Waals surface area contributed by atoms with Gasteiger partial charge < -0.3 is 5.32 Å². The number of anilines is 1. The van der Waals surface area contributed by atoms with Crippen molar-refractivity contribution < 1.29 is 0 Å². The molecule has 98 valence electrons. The van der Waals surface area contributed by atoms with E-state index in [-0.39, 0.29) is 0 Å². The number of hydrogen-bond donors (Lipinski definition) is 1. The van der Waals surface area contributed by atoms with Crippen LogP contribution in [0.5, 0.6) is 0 Å². The zero-order valence-corrected chi connectivity index (χ0v) is 12.0.